The van der Waals surface area contributed by atoms with Gasteiger partial charge in [-0.3, -0.25) is 4.79 Å². The quantitative estimate of drug-likeness (QED) is 0.491. The molecule has 0 saturated carbocycles. The second-order valence-electron chi connectivity index (χ2n) is 7.86. The van der Waals surface area contributed by atoms with Crippen LogP contribution in [0.3, 0.4) is 0 Å². The molecule has 1 aliphatic rings. The summed E-state index contributed by atoms with van der Waals surface area (Å²) < 4.78 is 30.2. The van der Waals surface area contributed by atoms with Gasteiger partial charge in [0.25, 0.3) is 10.0 Å². The number of nitrogens with one attached hydrogen (secondary N) is 1. The molecule has 0 radical (unpaired) electrons. The molecule has 1 aliphatic heterocycles. The smallest absolute Gasteiger partial charge is 0.283 e. The van der Waals surface area contributed by atoms with Crippen LogP contribution in [-0.4, -0.2) is 43.6 Å². The molecule has 1 saturated heterocycles. The van der Waals surface area contributed by atoms with Crippen molar-refractivity contribution in [2.24, 2.45) is 4.40 Å². The van der Waals surface area contributed by atoms with Crippen LogP contribution in [0.25, 0.3) is 10.2 Å². The Morgan fingerprint density at radius 1 is 1.16 bits per heavy atom. The van der Waals surface area contributed by atoms with E-state index in [1.807, 2.05) is 30.1 Å². The lowest BCUT2D eigenvalue weighted by Gasteiger charge is -2.11. The molecule has 2 aromatic carbocycles. The highest BCUT2D eigenvalue weighted by atomic mass is 32.2. The number of carbonyl (C=O) groups excluding carboxylic acids is 1. The van der Waals surface area contributed by atoms with Crippen LogP contribution in [0.1, 0.15) is 37.1 Å². The molecule has 168 valence electrons. The molecule has 32 heavy (non-hydrogen) atoms. The number of nitrogens with zero attached hydrogens (tertiary/aromatic N) is 3. The van der Waals surface area contributed by atoms with Crippen molar-refractivity contribution in [1.82, 2.24) is 9.88 Å². The van der Waals surface area contributed by atoms with Crippen LogP contribution in [0, 0.1) is 0 Å². The number of para-hydroxylation sites is 1. The van der Waals surface area contributed by atoms with Crippen molar-refractivity contribution in [2.45, 2.75) is 43.4 Å². The Balaban J connectivity index is 1.25. The average molecular weight is 471 g/mol. The van der Waals surface area contributed by atoms with Crippen LogP contribution < -0.4 is 5.32 Å². The van der Waals surface area contributed by atoms with Gasteiger partial charge in [0.05, 0.1) is 20.1 Å². The van der Waals surface area contributed by atoms with Gasteiger partial charge in [-0.25, -0.2) is 4.98 Å². The number of benzene rings is 2. The Labute approximate surface area is 192 Å². The monoisotopic (exact) mass is 470 g/mol. The van der Waals surface area contributed by atoms with Gasteiger partial charge in [0.1, 0.15) is 5.84 Å². The molecule has 0 aliphatic carbocycles. The highest BCUT2D eigenvalue weighted by molar-refractivity contribution is 7.90. The number of sulfonamides is 1. The minimum Gasteiger partial charge on any atom is -0.362 e. The zero-order chi connectivity index (χ0) is 22.6. The number of hydrogen-bond acceptors (Lipinski definition) is 5. The van der Waals surface area contributed by atoms with Gasteiger partial charge >= 0.3 is 0 Å². The van der Waals surface area contributed by atoms with E-state index in [1.165, 1.54) is 16.8 Å². The number of thiazole rings is 1. The first-order valence-electron chi connectivity index (χ1n) is 10.7. The summed E-state index contributed by atoms with van der Waals surface area (Å²) in [6.07, 6.45) is 4.50. The Hall–Kier alpha value is -2.78. The largest absolute Gasteiger partial charge is 0.362 e. The number of likely N-dealkylation sites (tertiary alicyclic amines) is 1. The van der Waals surface area contributed by atoms with Gasteiger partial charge in [0.15, 0.2) is 0 Å². The van der Waals surface area contributed by atoms with Gasteiger partial charge in [-0.15, -0.1) is 15.7 Å². The number of fused-ring (bicyclic) bond motifs is 1. The third kappa shape index (κ3) is 5.52. The third-order valence-electron chi connectivity index (χ3n) is 5.38. The summed E-state index contributed by atoms with van der Waals surface area (Å²) in [6.45, 7) is 0.819. The van der Waals surface area contributed by atoms with Crippen LogP contribution in [0.15, 0.2) is 57.8 Å². The predicted octanol–water partition coefficient (Wildman–Crippen LogP) is 4.46. The molecule has 1 amide bonds. The van der Waals surface area contributed by atoms with Gasteiger partial charge in [0, 0.05) is 32.1 Å². The SMILES string of the molecule is CN1CCC/C1=N/S(=O)(=O)c1ccc(NC(=O)CCCCc2nc3ccccc3s2)cc1. The summed E-state index contributed by atoms with van der Waals surface area (Å²) in [7, 11) is -1.90. The highest BCUT2D eigenvalue weighted by Gasteiger charge is 2.20. The number of hydrogen-bond donors (Lipinski definition) is 1. The van der Waals surface area contributed by atoms with Crippen molar-refractivity contribution in [2.75, 3.05) is 18.9 Å². The average Bonchev–Trinajstić information content (AvgIpc) is 3.37. The van der Waals surface area contributed by atoms with Gasteiger partial charge in [-0.05, 0) is 62.1 Å². The second kappa shape index (κ2) is 9.79. The van der Waals surface area contributed by atoms with E-state index in [0.29, 0.717) is 24.4 Å². The first-order chi connectivity index (χ1) is 15.4. The first kappa shape index (κ1) is 22.4. The molecule has 2 heterocycles. The second-order valence-corrected chi connectivity index (χ2v) is 10.6. The van der Waals surface area contributed by atoms with Crippen molar-refractivity contribution < 1.29 is 13.2 Å². The van der Waals surface area contributed by atoms with E-state index in [-0.39, 0.29) is 10.8 Å². The molecule has 1 aromatic heterocycles. The molecular weight excluding hydrogens is 444 g/mol. The van der Waals surface area contributed by atoms with Crippen molar-refractivity contribution in [3.8, 4) is 0 Å². The normalized spacial score (nSPS) is 15.5. The number of rotatable bonds is 8. The van der Waals surface area contributed by atoms with E-state index < -0.39 is 10.0 Å². The van der Waals surface area contributed by atoms with E-state index in [4.69, 9.17) is 0 Å². The molecule has 4 rings (SSSR count). The Bertz CT molecular complexity index is 1200. The minimum absolute atomic E-state index is 0.0854. The molecule has 0 bridgehead atoms. The van der Waals surface area contributed by atoms with E-state index in [0.717, 1.165) is 42.8 Å². The summed E-state index contributed by atoms with van der Waals surface area (Å²) in [6, 6.07) is 14.3. The Kier molecular flexibility index (Phi) is 6.86. The molecule has 7 nitrogen and oxygen atoms in total. The molecule has 0 spiro atoms. The third-order valence-corrected chi connectivity index (χ3v) is 7.79. The lowest BCUT2D eigenvalue weighted by molar-refractivity contribution is -0.116. The number of amidine groups is 1. The molecule has 3 aromatic rings. The van der Waals surface area contributed by atoms with Crippen LogP contribution in [0.4, 0.5) is 5.69 Å². The first-order valence-corrected chi connectivity index (χ1v) is 13.0. The maximum atomic E-state index is 12.5. The maximum absolute atomic E-state index is 12.5. The van der Waals surface area contributed by atoms with Crippen LogP contribution >= 0.6 is 11.3 Å². The highest BCUT2D eigenvalue weighted by Crippen LogP contribution is 2.23. The number of aromatic nitrogens is 1. The molecule has 0 atom stereocenters. The van der Waals surface area contributed by atoms with Gasteiger partial charge < -0.3 is 10.2 Å². The van der Waals surface area contributed by atoms with Crippen LogP contribution in [0.5, 0.6) is 0 Å². The molecule has 1 N–H and O–H groups in total. The topological polar surface area (TPSA) is 91.7 Å². The fourth-order valence-corrected chi connectivity index (χ4v) is 5.73. The standard InChI is InChI=1S/C23H26N4O3S2/c1-27-16-6-9-21(27)26-32(29,30)18-14-12-17(13-15-18)24-22(28)10-4-5-11-23-25-19-7-2-3-8-20(19)31-23/h2-3,7-8,12-15H,4-6,9-11,16H2,1H3,(H,24,28)/b26-21-. The number of unbranched alkanes of at least 4 members (excludes halogenated alkanes) is 1. The van der Waals surface area contributed by atoms with Gasteiger partial charge in [-0.1, -0.05) is 12.1 Å². The van der Waals surface area contributed by atoms with Crippen molar-refractivity contribution >= 4 is 49.0 Å². The summed E-state index contributed by atoms with van der Waals surface area (Å²) in [5.41, 5.74) is 1.60. The number of carbonyl (C=O) groups is 1. The fraction of sp³-hybridized carbons (Fsp3) is 0.348. The zero-order valence-corrected chi connectivity index (χ0v) is 19.6. The van der Waals surface area contributed by atoms with Gasteiger partial charge in [0.2, 0.25) is 5.91 Å². The lowest BCUT2D eigenvalue weighted by Crippen LogP contribution is -2.20. The molecule has 1 fully saturated rings. The number of anilines is 1. The summed E-state index contributed by atoms with van der Waals surface area (Å²) in [5.74, 6) is 0.506. The number of amides is 1. The van der Waals surface area contributed by atoms with Gasteiger partial charge in [-0.2, -0.15) is 8.42 Å². The summed E-state index contributed by atoms with van der Waals surface area (Å²) in [4.78, 5) is 18.8. The number of aryl methyl sites for hydroxylation is 1. The van der Waals surface area contributed by atoms with Crippen molar-refractivity contribution in [3.63, 3.8) is 0 Å². The Morgan fingerprint density at radius 2 is 1.94 bits per heavy atom. The molecule has 9 heteroatoms. The predicted molar refractivity (Wildman–Crippen MR) is 129 cm³/mol. The van der Waals surface area contributed by atoms with E-state index in [9.17, 15) is 13.2 Å². The summed E-state index contributed by atoms with van der Waals surface area (Å²) >= 11 is 1.70. The van der Waals surface area contributed by atoms with Crippen LogP contribution in [0.2, 0.25) is 0 Å². The minimum atomic E-state index is -3.75. The molecule has 0 unspecified atom stereocenters. The zero-order valence-electron chi connectivity index (χ0n) is 18.0. The fourth-order valence-electron chi connectivity index (χ4n) is 3.62. The van der Waals surface area contributed by atoms with Crippen molar-refractivity contribution in [1.29, 1.82) is 0 Å². The van der Waals surface area contributed by atoms with E-state index in [2.05, 4.69) is 20.8 Å². The summed E-state index contributed by atoms with van der Waals surface area (Å²) in [5, 5.41) is 3.92. The van der Waals surface area contributed by atoms with Crippen molar-refractivity contribution in [3.05, 3.63) is 53.5 Å². The lowest BCUT2D eigenvalue weighted by atomic mass is 10.2. The molecular formula is C23H26N4O3S2. The Morgan fingerprint density at radius 3 is 2.66 bits per heavy atom. The van der Waals surface area contributed by atoms with Crippen LogP contribution in [-0.2, 0) is 21.2 Å². The maximum Gasteiger partial charge on any atom is 0.283 e. The van der Waals surface area contributed by atoms with E-state index in [1.54, 1.807) is 23.5 Å². The van der Waals surface area contributed by atoms with E-state index >= 15 is 0 Å².